The maximum Gasteiger partial charge on any atom is 0.424 e. The molecule has 98 valence electrons. The molecule has 3 fully saturated rings. The predicted octanol–water partition coefficient (Wildman–Crippen LogP) is 1.19. The molecule has 1 amide bonds. The first-order chi connectivity index (χ1) is 8.22. The Morgan fingerprint density at radius 2 is 2.18 bits per heavy atom. The van der Waals surface area contributed by atoms with E-state index in [1.807, 2.05) is 0 Å². The van der Waals surface area contributed by atoms with Crippen molar-refractivity contribution < 1.29 is 9.53 Å². The van der Waals surface area contributed by atoms with E-state index in [0.717, 1.165) is 45.3 Å². The fraction of sp³-hybridized carbons (Fsp3) is 0.917. The second-order valence-electron chi connectivity index (χ2n) is 5.08. The van der Waals surface area contributed by atoms with Gasteiger partial charge in [0.1, 0.15) is 0 Å². The molecule has 1 atom stereocenters. The predicted molar refractivity (Wildman–Crippen MR) is 65.2 cm³/mol. The molecule has 3 aliphatic rings. The van der Waals surface area contributed by atoms with Crippen LogP contribution < -0.4 is 5.84 Å². The van der Waals surface area contributed by atoms with Gasteiger partial charge < -0.3 is 9.64 Å². The smallest absolute Gasteiger partial charge is 0.424 e. The Labute approximate surface area is 103 Å². The number of rotatable bonds is 4. The van der Waals surface area contributed by atoms with E-state index in [9.17, 15) is 4.79 Å². The zero-order valence-corrected chi connectivity index (χ0v) is 10.6. The van der Waals surface area contributed by atoms with E-state index in [1.165, 1.54) is 5.01 Å². The van der Waals surface area contributed by atoms with Gasteiger partial charge in [0.25, 0.3) is 0 Å². The summed E-state index contributed by atoms with van der Waals surface area (Å²) in [5.74, 6) is 6.45. The quantitative estimate of drug-likeness (QED) is 0.348. The van der Waals surface area contributed by atoms with Crippen LogP contribution in [0.3, 0.4) is 0 Å². The summed E-state index contributed by atoms with van der Waals surface area (Å²) in [5, 5.41) is 1.33. The van der Waals surface area contributed by atoms with Gasteiger partial charge in [0, 0.05) is 6.54 Å². The zero-order chi connectivity index (χ0) is 12.3. The van der Waals surface area contributed by atoms with Gasteiger partial charge in [0.2, 0.25) is 0 Å². The summed E-state index contributed by atoms with van der Waals surface area (Å²) in [5.41, 5.74) is 0. The molecule has 2 bridgehead atoms. The van der Waals surface area contributed by atoms with Gasteiger partial charge >= 0.3 is 6.09 Å². The minimum Gasteiger partial charge on any atom is -0.448 e. The van der Waals surface area contributed by atoms with Crippen LogP contribution in [-0.4, -0.2) is 48.3 Å². The molecular formula is C12H23N3O2. The van der Waals surface area contributed by atoms with Crippen LogP contribution in [0.15, 0.2) is 0 Å². The summed E-state index contributed by atoms with van der Waals surface area (Å²) < 4.78 is 5.15. The first kappa shape index (κ1) is 12.6. The minimum absolute atomic E-state index is 0.145. The molecule has 2 N–H and O–H groups in total. The average molecular weight is 241 g/mol. The third-order valence-electron chi connectivity index (χ3n) is 3.91. The van der Waals surface area contributed by atoms with Gasteiger partial charge in [-0.1, -0.05) is 13.3 Å². The van der Waals surface area contributed by atoms with E-state index in [0.29, 0.717) is 12.5 Å². The van der Waals surface area contributed by atoms with E-state index in [2.05, 4.69) is 11.8 Å². The molecule has 0 aromatic heterocycles. The number of hydrazine groups is 1. The second-order valence-corrected chi connectivity index (χ2v) is 5.08. The van der Waals surface area contributed by atoms with Crippen molar-refractivity contribution in [2.75, 3.05) is 26.2 Å². The van der Waals surface area contributed by atoms with Gasteiger partial charge in [-0.3, -0.25) is 0 Å². The van der Waals surface area contributed by atoms with Crippen LogP contribution >= 0.6 is 0 Å². The van der Waals surface area contributed by atoms with Gasteiger partial charge in [-0.05, 0) is 38.3 Å². The number of fused-ring (bicyclic) bond motifs is 3. The molecule has 5 nitrogen and oxygen atoms in total. The van der Waals surface area contributed by atoms with Crippen molar-refractivity contribution >= 4 is 6.09 Å². The average Bonchev–Trinajstić information content (AvgIpc) is 2.39. The highest BCUT2D eigenvalue weighted by Crippen LogP contribution is 2.29. The number of ether oxygens (including phenoxy) is 1. The second kappa shape index (κ2) is 5.69. The van der Waals surface area contributed by atoms with Crippen LogP contribution in [0.2, 0.25) is 0 Å². The third kappa shape index (κ3) is 2.90. The number of unbranched alkanes of at least 4 members (excludes halogenated alkanes) is 1. The SMILES string of the molecule is CCCCOC(=O)N(N)C1CN2CCC1CC2. The maximum absolute atomic E-state index is 11.8. The summed E-state index contributed by atoms with van der Waals surface area (Å²) in [4.78, 5) is 14.1. The van der Waals surface area contributed by atoms with Crippen LogP contribution in [-0.2, 0) is 4.74 Å². The molecule has 0 radical (unpaired) electrons. The van der Waals surface area contributed by atoms with Gasteiger partial charge in [-0.15, -0.1) is 0 Å². The fourth-order valence-corrected chi connectivity index (χ4v) is 2.76. The normalized spacial score (nSPS) is 31.3. The third-order valence-corrected chi connectivity index (χ3v) is 3.91. The lowest BCUT2D eigenvalue weighted by atomic mass is 9.84. The Bertz CT molecular complexity index is 264. The summed E-state index contributed by atoms with van der Waals surface area (Å²) in [6, 6.07) is 0.145. The van der Waals surface area contributed by atoms with Crippen molar-refractivity contribution in [3.05, 3.63) is 0 Å². The highest BCUT2D eigenvalue weighted by molar-refractivity contribution is 5.67. The Hall–Kier alpha value is -0.810. The van der Waals surface area contributed by atoms with Crippen LogP contribution in [0.4, 0.5) is 4.79 Å². The molecule has 0 spiro atoms. The summed E-state index contributed by atoms with van der Waals surface area (Å²) >= 11 is 0. The van der Waals surface area contributed by atoms with Gasteiger partial charge in [-0.2, -0.15) is 0 Å². The number of carbonyl (C=O) groups is 1. The topological polar surface area (TPSA) is 58.8 Å². The number of nitrogens with two attached hydrogens (primary N) is 1. The lowest BCUT2D eigenvalue weighted by molar-refractivity contribution is 0.000989. The molecular weight excluding hydrogens is 218 g/mol. The highest BCUT2D eigenvalue weighted by atomic mass is 16.6. The molecule has 3 rings (SSSR count). The minimum atomic E-state index is -0.364. The lowest BCUT2D eigenvalue weighted by Gasteiger charge is -2.47. The van der Waals surface area contributed by atoms with Crippen LogP contribution in [0.25, 0.3) is 0 Å². The van der Waals surface area contributed by atoms with Crippen molar-refractivity contribution in [2.24, 2.45) is 11.8 Å². The Kier molecular flexibility index (Phi) is 4.23. The molecule has 0 aromatic rings. The number of nitrogens with zero attached hydrogens (tertiary/aromatic N) is 2. The molecule has 3 heterocycles. The Balaban J connectivity index is 1.82. The molecule has 3 aliphatic heterocycles. The first-order valence-electron chi connectivity index (χ1n) is 6.65. The molecule has 17 heavy (non-hydrogen) atoms. The number of carbonyl (C=O) groups excluding carboxylic acids is 1. The number of amides is 1. The maximum atomic E-state index is 11.8. The van der Waals surface area contributed by atoms with Gasteiger partial charge in [-0.25, -0.2) is 15.6 Å². The van der Waals surface area contributed by atoms with Crippen LogP contribution in [0.5, 0.6) is 0 Å². The van der Waals surface area contributed by atoms with E-state index in [-0.39, 0.29) is 12.1 Å². The number of hydrogen-bond acceptors (Lipinski definition) is 4. The monoisotopic (exact) mass is 241 g/mol. The van der Waals surface area contributed by atoms with Crippen LogP contribution in [0, 0.1) is 5.92 Å². The lowest BCUT2D eigenvalue weighted by Crippen LogP contribution is -2.60. The van der Waals surface area contributed by atoms with Crippen LogP contribution in [0.1, 0.15) is 32.6 Å². The largest absolute Gasteiger partial charge is 0.448 e. The number of piperidine rings is 3. The Morgan fingerprint density at radius 1 is 1.47 bits per heavy atom. The molecule has 0 aliphatic carbocycles. The number of hydrogen-bond donors (Lipinski definition) is 1. The van der Waals surface area contributed by atoms with E-state index >= 15 is 0 Å². The van der Waals surface area contributed by atoms with Crippen molar-refractivity contribution in [2.45, 2.75) is 38.6 Å². The van der Waals surface area contributed by atoms with E-state index < -0.39 is 0 Å². The first-order valence-corrected chi connectivity index (χ1v) is 6.65. The molecule has 5 heteroatoms. The Morgan fingerprint density at radius 3 is 2.71 bits per heavy atom. The molecule has 0 aromatic carbocycles. The summed E-state index contributed by atoms with van der Waals surface area (Å²) in [7, 11) is 0. The van der Waals surface area contributed by atoms with Crippen molar-refractivity contribution in [3.63, 3.8) is 0 Å². The summed E-state index contributed by atoms with van der Waals surface area (Å²) in [6.45, 7) is 5.76. The fourth-order valence-electron chi connectivity index (χ4n) is 2.76. The molecule has 1 unspecified atom stereocenters. The van der Waals surface area contributed by atoms with Crippen molar-refractivity contribution in [3.8, 4) is 0 Å². The van der Waals surface area contributed by atoms with E-state index in [4.69, 9.17) is 10.6 Å². The van der Waals surface area contributed by atoms with Crippen molar-refractivity contribution in [1.82, 2.24) is 9.91 Å². The summed E-state index contributed by atoms with van der Waals surface area (Å²) in [6.07, 6.45) is 3.87. The van der Waals surface area contributed by atoms with Gasteiger partial charge in [0.05, 0.1) is 12.6 Å². The van der Waals surface area contributed by atoms with Gasteiger partial charge in [0.15, 0.2) is 0 Å². The molecule has 0 saturated carbocycles. The zero-order valence-electron chi connectivity index (χ0n) is 10.6. The van der Waals surface area contributed by atoms with E-state index in [1.54, 1.807) is 0 Å². The van der Waals surface area contributed by atoms with Crippen molar-refractivity contribution in [1.29, 1.82) is 0 Å². The standard InChI is InChI=1S/C12H23N3O2/c1-2-3-8-17-12(16)15(13)11-9-14-6-4-10(11)5-7-14/h10-11H,2-9,13H2,1H3. The molecule has 3 saturated heterocycles. The highest BCUT2D eigenvalue weighted by Gasteiger charge is 2.38.